The number of rotatable bonds is 3. The number of benzene rings is 1. The Labute approximate surface area is 136 Å². The molecule has 0 spiro atoms. The third-order valence-corrected chi connectivity index (χ3v) is 4.39. The number of aryl methyl sites for hydroxylation is 1. The first-order valence-electron chi connectivity index (χ1n) is 8.24. The van der Waals surface area contributed by atoms with Crippen LogP contribution in [0.4, 0.5) is 0 Å². The van der Waals surface area contributed by atoms with E-state index in [0.29, 0.717) is 18.3 Å². The summed E-state index contributed by atoms with van der Waals surface area (Å²) in [7, 11) is 0. The number of piperidine rings is 1. The summed E-state index contributed by atoms with van der Waals surface area (Å²) in [6, 6.07) is 7.98. The fourth-order valence-corrected chi connectivity index (χ4v) is 3.07. The van der Waals surface area contributed by atoms with Crippen LogP contribution in [0.2, 0.25) is 0 Å². The first-order chi connectivity index (χ1) is 11.1. The van der Waals surface area contributed by atoms with E-state index in [9.17, 15) is 4.79 Å². The van der Waals surface area contributed by atoms with Crippen LogP contribution in [0.5, 0.6) is 0 Å². The van der Waals surface area contributed by atoms with E-state index in [1.54, 1.807) is 0 Å². The minimum absolute atomic E-state index is 0.0268. The molecule has 5 nitrogen and oxygen atoms in total. The molecular formula is C18H23N3O2. The Balaban J connectivity index is 1.78. The molecule has 23 heavy (non-hydrogen) atoms. The number of carbonyl (C=O) groups is 1. The van der Waals surface area contributed by atoms with Gasteiger partial charge in [0.25, 0.3) is 0 Å². The van der Waals surface area contributed by atoms with Crippen molar-refractivity contribution in [2.75, 3.05) is 13.1 Å². The zero-order valence-electron chi connectivity index (χ0n) is 14.0. The topological polar surface area (TPSA) is 59.2 Å². The van der Waals surface area contributed by atoms with Crippen molar-refractivity contribution >= 4 is 5.91 Å². The molecule has 1 aromatic carbocycles. The predicted octanol–water partition coefficient (Wildman–Crippen LogP) is 3.41. The molecule has 0 bridgehead atoms. The molecular weight excluding hydrogens is 290 g/mol. The fraction of sp³-hybridized carbons (Fsp3) is 0.500. The predicted molar refractivity (Wildman–Crippen MR) is 87.9 cm³/mol. The van der Waals surface area contributed by atoms with Gasteiger partial charge in [-0.25, -0.2) is 0 Å². The van der Waals surface area contributed by atoms with Crippen molar-refractivity contribution < 1.29 is 9.21 Å². The van der Waals surface area contributed by atoms with Gasteiger partial charge in [0.1, 0.15) is 0 Å². The van der Waals surface area contributed by atoms with Crippen molar-refractivity contribution in [2.24, 2.45) is 5.92 Å². The number of carbonyl (C=O) groups excluding carboxylic acids is 1. The normalized spacial score (nSPS) is 18.4. The summed E-state index contributed by atoms with van der Waals surface area (Å²) in [6.07, 6.45) is 1.96. The van der Waals surface area contributed by atoms with Crippen molar-refractivity contribution in [3.63, 3.8) is 0 Å². The molecule has 0 unspecified atom stereocenters. The van der Waals surface area contributed by atoms with Gasteiger partial charge in [-0.05, 0) is 31.4 Å². The highest BCUT2D eigenvalue weighted by Crippen LogP contribution is 2.29. The van der Waals surface area contributed by atoms with Crippen LogP contribution in [0.1, 0.15) is 44.1 Å². The Kier molecular flexibility index (Phi) is 4.46. The average Bonchev–Trinajstić information content (AvgIpc) is 3.04. The van der Waals surface area contributed by atoms with Gasteiger partial charge < -0.3 is 9.32 Å². The van der Waals surface area contributed by atoms with Crippen molar-refractivity contribution in [3.8, 4) is 11.5 Å². The van der Waals surface area contributed by atoms with Crippen LogP contribution in [0.15, 0.2) is 28.7 Å². The second kappa shape index (κ2) is 6.52. The maximum absolute atomic E-state index is 12.2. The first-order valence-corrected chi connectivity index (χ1v) is 8.24. The molecule has 1 aliphatic heterocycles. The summed E-state index contributed by atoms with van der Waals surface area (Å²) < 4.78 is 5.92. The lowest BCUT2D eigenvalue weighted by Gasteiger charge is -2.32. The van der Waals surface area contributed by atoms with Crippen molar-refractivity contribution in [2.45, 2.75) is 39.5 Å². The van der Waals surface area contributed by atoms with E-state index in [1.165, 1.54) is 0 Å². The Morgan fingerprint density at radius 3 is 2.83 bits per heavy atom. The molecule has 0 radical (unpaired) electrons. The van der Waals surface area contributed by atoms with E-state index in [4.69, 9.17) is 4.42 Å². The fourth-order valence-electron chi connectivity index (χ4n) is 3.07. The summed E-state index contributed by atoms with van der Waals surface area (Å²) in [5, 5.41) is 8.45. The van der Waals surface area contributed by atoms with Gasteiger partial charge in [-0.1, -0.05) is 32.0 Å². The summed E-state index contributed by atoms with van der Waals surface area (Å²) >= 11 is 0. The van der Waals surface area contributed by atoms with Crippen LogP contribution in [0.3, 0.4) is 0 Å². The molecule has 0 saturated carbocycles. The summed E-state index contributed by atoms with van der Waals surface area (Å²) in [4.78, 5) is 14.1. The lowest BCUT2D eigenvalue weighted by atomic mass is 9.97. The maximum atomic E-state index is 12.2. The molecule has 2 aromatic rings. The van der Waals surface area contributed by atoms with Crippen LogP contribution in [0, 0.1) is 12.8 Å². The molecule has 1 fully saturated rings. The van der Waals surface area contributed by atoms with Crippen LogP contribution >= 0.6 is 0 Å². The third-order valence-electron chi connectivity index (χ3n) is 4.39. The zero-order valence-corrected chi connectivity index (χ0v) is 14.0. The quantitative estimate of drug-likeness (QED) is 0.871. The van der Waals surface area contributed by atoms with E-state index in [1.807, 2.05) is 49.9 Å². The van der Waals surface area contributed by atoms with Gasteiger partial charge in [-0.2, -0.15) is 0 Å². The van der Waals surface area contributed by atoms with Crippen molar-refractivity contribution in [1.29, 1.82) is 0 Å². The van der Waals surface area contributed by atoms with Crippen LogP contribution in [-0.2, 0) is 4.79 Å². The molecule has 1 aromatic heterocycles. The van der Waals surface area contributed by atoms with E-state index >= 15 is 0 Å². The van der Waals surface area contributed by atoms with Crippen LogP contribution in [-0.4, -0.2) is 34.1 Å². The number of amides is 1. The highest BCUT2D eigenvalue weighted by Gasteiger charge is 2.29. The molecule has 1 saturated heterocycles. The molecule has 0 aliphatic carbocycles. The van der Waals surface area contributed by atoms with Gasteiger partial charge in [-0.3, -0.25) is 4.79 Å². The number of hydrogen-bond donors (Lipinski definition) is 0. The molecule has 3 rings (SSSR count). The number of nitrogens with zero attached hydrogens (tertiary/aromatic N) is 3. The highest BCUT2D eigenvalue weighted by atomic mass is 16.4. The zero-order chi connectivity index (χ0) is 16.4. The molecule has 5 heteroatoms. The Morgan fingerprint density at radius 1 is 1.30 bits per heavy atom. The summed E-state index contributed by atoms with van der Waals surface area (Å²) in [6.45, 7) is 7.41. The van der Waals surface area contributed by atoms with Crippen molar-refractivity contribution in [1.82, 2.24) is 15.1 Å². The second-order valence-electron chi connectivity index (χ2n) is 6.54. The maximum Gasteiger partial charge on any atom is 0.248 e. The summed E-state index contributed by atoms with van der Waals surface area (Å²) in [5.74, 6) is 1.57. The van der Waals surface area contributed by atoms with E-state index < -0.39 is 0 Å². The van der Waals surface area contributed by atoms with E-state index in [0.717, 1.165) is 30.5 Å². The second-order valence-corrected chi connectivity index (χ2v) is 6.54. The number of aromatic nitrogens is 2. The molecule has 1 atom stereocenters. The standard InChI is InChI=1S/C18H23N3O2/c1-12(2)18(22)21-10-6-8-14(11-21)16-19-20-17(23-16)15-9-5-4-7-13(15)3/h4-5,7,9,12,14H,6,8,10-11H2,1-3H3/t14-/m0/s1. The van der Waals surface area contributed by atoms with Gasteiger partial charge >= 0.3 is 0 Å². The number of hydrogen-bond acceptors (Lipinski definition) is 4. The molecule has 1 aliphatic rings. The highest BCUT2D eigenvalue weighted by molar-refractivity contribution is 5.78. The van der Waals surface area contributed by atoms with E-state index in [-0.39, 0.29) is 17.7 Å². The van der Waals surface area contributed by atoms with Crippen LogP contribution < -0.4 is 0 Å². The largest absolute Gasteiger partial charge is 0.420 e. The Hall–Kier alpha value is -2.17. The molecule has 122 valence electrons. The first kappa shape index (κ1) is 15.7. The summed E-state index contributed by atoms with van der Waals surface area (Å²) in [5.41, 5.74) is 2.08. The Bertz CT molecular complexity index is 693. The Morgan fingerprint density at radius 2 is 2.09 bits per heavy atom. The monoisotopic (exact) mass is 313 g/mol. The minimum Gasteiger partial charge on any atom is -0.420 e. The molecule has 2 heterocycles. The minimum atomic E-state index is 0.0268. The van der Waals surface area contributed by atoms with Gasteiger partial charge in [0, 0.05) is 24.6 Å². The van der Waals surface area contributed by atoms with Gasteiger partial charge in [-0.15, -0.1) is 10.2 Å². The molecule has 1 amide bonds. The van der Waals surface area contributed by atoms with Gasteiger partial charge in [0.15, 0.2) is 0 Å². The lowest BCUT2D eigenvalue weighted by Crippen LogP contribution is -2.41. The lowest BCUT2D eigenvalue weighted by molar-refractivity contribution is -0.135. The molecule has 0 N–H and O–H groups in total. The van der Waals surface area contributed by atoms with Gasteiger partial charge in [0.2, 0.25) is 17.7 Å². The van der Waals surface area contributed by atoms with Gasteiger partial charge in [0.05, 0.1) is 5.92 Å². The smallest absolute Gasteiger partial charge is 0.248 e. The average molecular weight is 313 g/mol. The number of likely N-dealkylation sites (tertiary alicyclic amines) is 1. The van der Waals surface area contributed by atoms with E-state index in [2.05, 4.69) is 10.2 Å². The van der Waals surface area contributed by atoms with Crippen LogP contribution in [0.25, 0.3) is 11.5 Å². The van der Waals surface area contributed by atoms with Crippen molar-refractivity contribution in [3.05, 3.63) is 35.7 Å². The SMILES string of the molecule is Cc1ccccc1-c1nnc([C@H]2CCCN(C(=O)C(C)C)C2)o1. The third kappa shape index (κ3) is 3.28.